The summed E-state index contributed by atoms with van der Waals surface area (Å²) in [6.07, 6.45) is -13.4. The lowest BCUT2D eigenvalue weighted by molar-refractivity contribution is -0.324. The van der Waals surface area contributed by atoms with E-state index in [0.29, 0.717) is 0 Å². The molecule has 1 amide bonds. The van der Waals surface area contributed by atoms with Crippen molar-refractivity contribution in [1.82, 2.24) is 5.32 Å². The molecule has 0 aliphatic carbocycles. The molecule has 0 saturated carbocycles. The van der Waals surface area contributed by atoms with Gasteiger partial charge in [0, 0.05) is 6.92 Å². The molecule has 0 aromatic rings. The molecule has 0 aromatic heterocycles. The molecule has 1 rings (SSSR count). The summed E-state index contributed by atoms with van der Waals surface area (Å²) in [6.45, 7) is -0.562. The average Bonchev–Trinajstić information content (AvgIpc) is 2.62. The molecule has 0 aromatic carbocycles. The number of hydrogen-bond donors (Lipinski definition) is 8. The third kappa shape index (κ3) is 5.39. The summed E-state index contributed by atoms with van der Waals surface area (Å²) in [5.41, 5.74) is 0. The highest BCUT2D eigenvalue weighted by Gasteiger charge is 2.46. The van der Waals surface area contributed by atoms with Crippen LogP contribution in [0.1, 0.15) is 6.92 Å². The molecule has 0 bridgehead atoms. The van der Waals surface area contributed by atoms with Crippen LogP contribution in [0.25, 0.3) is 0 Å². The van der Waals surface area contributed by atoms with Crippen LogP contribution >= 0.6 is 0 Å². The summed E-state index contributed by atoms with van der Waals surface area (Å²) < 4.78 is 10.3. The Morgan fingerprint density at radius 1 is 1.19 bits per heavy atom. The number of hydrogen-bond acceptors (Lipinski definition) is 11. The van der Waals surface area contributed by atoms with Crippen molar-refractivity contribution in [3.05, 3.63) is 0 Å². The van der Waals surface area contributed by atoms with Gasteiger partial charge in [0.25, 0.3) is 0 Å². The summed E-state index contributed by atoms with van der Waals surface area (Å²) in [6, 6.07) is -1.51. The van der Waals surface area contributed by atoms with Crippen LogP contribution < -0.4 is 5.32 Å². The maximum Gasteiger partial charge on any atom is 0.217 e. The molecule has 152 valence electrons. The molecule has 1 heterocycles. The number of ether oxygens (including phenoxy) is 2. The predicted molar refractivity (Wildman–Crippen MR) is 81.4 cm³/mol. The molecule has 0 spiro atoms. The maximum absolute atomic E-state index is 11.1. The molecule has 9 atom stereocenters. The summed E-state index contributed by atoms with van der Waals surface area (Å²) >= 11 is 0. The SMILES string of the molecule is CC(=O)N[C@H](C=O)[C@@H](O)[C@H](O[C@@H]1O[C@H](CO)[C@H](O)[C@H](O)[C@H]1O)[C@H](O)CO. The van der Waals surface area contributed by atoms with Crippen molar-refractivity contribution in [3.8, 4) is 0 Å². The van der Waals surface area contributed by atoms with Crippen LogP contribution in [-0.4, -0.2) is 116 Å². The Hall–Kier alpha value is -1.22. The van der Waals surface area contributed by atoms with Gasteiger partial charge in [0.05, 0.1) is 13.2 Å². The molecule has 1 fully saturated rings. The van der Waals surface area contributed by atoms with Crippen LogP contribution in [0.2, 0.25) is 0 Å². The Morgan fingerprint density at radius 3 is 2.27 bits per heavy atom. The fraction of sp³-hybridized carbons (Fsp3) is 0.857. The lowest BCUT2D eigenvalue weighted by Crippen LogP contribution is -2.62. The third-order valence-corrected chi connectivity index (χ3v) is 3.93. The Bertz CT molecular complexity index is 462. The van der Waals surface area contributed by atoms with E-state index in [-0.39, 0.29) is 6.29 Å². The molecule has 0 unspecified atom stereocenters. The molecule has 0 radical (unpaired) electrons. The van der Waals surface area contributed by atoms with Crippen LogP contribution in [0.4, 0.5) is 0 Å². The van der Waals surface area contributed by atoms with E-state index in [9.17, 15) is 35.1 Å². The second kappa shape index (κ2) is 10.2. The van der Waals surface area contributed by atoms with Crippen molar-refractivity contribution in [2.75, 3.05) is 13.2 Å². The normalized spacial score (nSPS) is 33.8. The first-order valence-corrected chi connectivity index (χ1v) is 7.83. The molecule has 1 aliphatic rings. The Kier molecular flexibility index (Phi) is 8.95. The van der Waals surface area contributed by atoms with Gasteiger partial charge >= 0.3 is 0 Å². The van der Waals surface area contributed by atoms with Gasteiger partial charge in [0.1, 0.15) is 55.1 Å². The average molecular weight is 383 g/mol. The van der Waals surface area contributed by atoms with Crippen LogP contribution in [0, 0.1) is 0 Å². The van der Waals surface area contributed by atoms with E-state index in [1.807, 2.05) is 0 Å². The van der Waals surface area contributed by atoms with Crippen LogP contribution in [0.3, 0.4) is 0 Å². The van der Waals surface area contributed by atoms with Gasteiger partial charge in [0.2, 0.25) is 5.91 Å². The summed E-state index contributed by atoms with van der Waals surface area (Å²) in [4.78, 5) is 22.2. The van der Waals surface area contributed by atoms with Crippen molar-refractivity contribution in [3.63, 3.8) is 0 Å². The monoisotopic (exact) mass is 383 g/mol. The lowest BCUT2D eigenvalue weighted by Gasteiger charge is -2.42. The van der Waals surface area contributed by atoms with Crippen LogP contribution in [0.15, 0.2) is 0 Å². The number of aliphatic hydroxyl groups is 7. The second-order valence-corrected chi connectivity index (χ2v) is 5.90. The van der Waals surface area contributed by atoms with Crippen molar-refractivity contribution in [2.45, 2.75) is 62.0 Å². The Morgan fingerprint density at radius 2 is 1.81 bits per heavy atom. The molecular formula is C14H25NO11. The van der Waals surface area contributed by atoms with E-state index in [1.54, 1.807) is 0 Å². The highest BCUT2D eigenvalue weighted by atomic mass is 16.7. The minimum atomic E-state index is -1.86. The van der Waals surface area contributed by atoms with E-state index < -0.39 is 74.2 Å². The van der Waals surface area contributed by atoms with Crippen molar-refractivity contribution < 1.29 is 54.8 Å². The van der Waals surface area contributed by atoms with Gasteiger partial charge in [-0.05, 0) is 0 Å². The minimum absolute atomic E-state index is 0.180. The smallest absolute Gasteiger partial charge is 0.217 e. The van der Waals surface area contributed by atoms with Gasteiger partial charge in [-0.15, -0.1) is 0 Å². The Labute approximate surface area is 148 Å². The van der Waals surface area contributed by atoms with Gasteiger partial charge in [-0.25, -0.2) is 0 Å². The van der Waals surface area contributed by atoms with E-state index >= 15 is 0 Å². The standard InChI is InChI=1S/C14H25NO11/c1-5(19)15-6(2-16)9(21)13(7(20)3-17)26-14-12(24)11(23)10(22)8(4-18)25-14/h2,6-14,17-18,20-24H,3-4H2,1H3,(H,15,19)/t6-,7-,8-,9-,10+,11+,12-,13-,14+/m1/s1. The van der Waals surface area contributed by atoms with Gasteiger partial charge in [-0.3, -0.25) is 4.79 Å². The topological polar surface area (TPSA) is 206 Å². The van der Waals surface area contributed by atoms with Crippen molar-refractivity contribution in [2.24, 2.45) is 0 Å². The van der Waals surface area contributed by atoms with E-state index in [2.05, 4.69) is 5.32 Å². The number of carbonyl (C=O) groups excluding carboxylic acids is 2. The molecule has 12 nitrogen and oxygen atoms in total. The third-order valence-electron chi connectivity index (χ3n) is 3.93. The van der Waals surface area contributed by atoms with E-state index in [1.165, 1.54) is 0 Å². The first-order valence-electron chi connectivity index (χ1n) is 7.83. The fourth-order valence-electron chi connectivity index (χ4n) is 2.48. The number of rotatable bonds is 9. The van der Waals surface area contributed by atoms with Gasteiger partial charge < -0.3 is 55.3 Å². The van der Waals surface area contributed by atoms with E-state index in [0.717, 1.165) is 6.92 Å². The predicted octanol–water partition coefficient (Wildman–Crippen LogP) is -5.41. The molecule has 12 heteroatoms. The maximum atomic E-state index is 11.1. The minimum Gasteiger partial charge on any atom is -0.394 e. The second-order valence-electron chi connectivity index (χ2n) is 5.90. The molecular weight excluding hydrogens is 358 g/mol. The highest BCUT2D eigenvalue weighted by molar-refractivity contribution is 5.77. The quantitative estimate of drug-likeness (QED) is 0.176. The zero-order valence-corrected chi connectivity index (χ0v) is 14.0. The molecule has 1 saturated heterocycles. The number of aliphatic hydroxyl groups excluding tert-OH is 7. The summed E-state index contributed by atoms with van der Waals surface area (Å²) in [5, 5.41) is 69.9. The highest BCUT2D eigenvalue weighted by Crippen LogP contribution is 2.24. The van der Waals surface area contributed by atoms with Crippen molar-refractivity contribution >= 4 is 12.2 Å². The largest absolute Gasteiger partial charge is 0.394 e. The van der Waals surface area contributed by atoms with Crippen LogP contribution in [0.5, 0.6) is 0 Å². The van der Waals surface area contributed by atoms with Crippen molar-refractivity contribution in [1.29, 1.82) is 0 Å². The zero-order valence-electron chi connectivity index (χ0n) is 14.0. The number of amides is 1. The van der Waals surface area contributed by atoms with Gasteiger partial charge in [0.15, 0.2) is 6.29 Å². The van der Waals surface area contributed by atoms with Gasteiger partial charge in [-0.2, -0.15) is 0 Å². The summed E-state index contributed by atoms with van der Waals surface area (Å²) in [7, 11) is 0. The lowest BCUT2D eigenvalue weighted by atomic mass is 9.98. The fourth-order valence-corrected chi connectivity index (χ4v) is 2.48. The molecule has 8 N–H and O–H groups in total. The van der Waals surface area contributed by atoms with E-state index in [4.69, 9.17) is 19.7 Å². The number of aldehydes is 1. The first kappa shape index (κ1) is 22.8. The Balaban J connectivity index is 2.99. The number of carbonyl (C=O) groups is 2. The van der Waals surface area contributed by atoms with Crippen LogP contribution in [-0.2, 0) is 19.1 Å². The molecule has 1 aliphatic heterocycles. The first-order chi connectivity index (χ1) is 12.2. The number of nitrogens with one attached hydrogen (secondary N) is 1. The summed E-state index contributed by atoms with van der Waals surface area (Å²) in [5.74, 6) is -0.661. The van der Waals surface area contributed by atoms with Gasteiger partial charge in [-0.1, -0.05) is 0 Å². The zero-order chi connectivity index (χ0) is 20.0. The molecule has 26 heavy (non-hydrogen) atoms.